The Balaban J connectivity index is 1.95. The molecule has 0 saturated heterocycles. The molecule has 1 aliphatic heterocycles. The fraction of sp³-hybridized carbons (Fsp3) is 0.143. The Morgan fingerprint density at radius 1 is 1.19 bits per heavy atom. The van der Waals surface area contributed by atoms with E-state index >= 15 is 0 Å². The van der Waals surface area contributed by atoms with E-state index in [2.05, 4.69) is 26.0 Å². The van der Waals surface area contributed by atoms with E-state index in [9.17, 15) is 12.8 Å². The van der Waals surface area contributed by atoms with Crippen LogP contribution in [0.5, 0.6) is 0 Å². The Morgan fingerprint density at radius 3 is 2.81 bits per heavy atom. The number of sulfonamides is 1. The quantitative estimate of drug-likeness (QED) is 0.870. The van der Waals surface area contributed by atoms with Gasteiger partial charge in [0.05, 0.1) is 10.6 Å². The van der Waals surface area contributed by atoms with Crippen molar-refractivity contribution in [3.63, 3.8) is 0 Å². The molecule has 0 saturated carbocycles. The van der Waals surface area contributed by atoms with Crippen LogP contribution in [-0.2, 0) is 16.4 Å². The summed E-state index contributed by atoms with van der Waals surface area (Å²) in [4.78, 5) is 0.168. The van der Waals surface area contributed by atoms with E-state index in [1.807, 2.05) is 0 Å². The summed E-state index contributed by atoms with van der Waals surface area (Å²) < 4.78 is 40.9. The number of rotatable bonds is 3. The second-order valence-electron chi connectivity index (χ2n) is 4.73. The number of nitrogens with one attached hydrogen (secondary N) is 2. The van der Waals surface area contributed by atoms with Crippen molar-refractivity contribution >= 4 is 37.3 Å². The van der Waals surface area contributed by atoms with E-state index < -0.39 is 15.8 Å². The van der Waals surface area contributed by atoms with E-state index in [0.717, 1.165) is 30.3 Å². The molecule has 3 rings (SSSR count). The van der Waals surface area contributed by atoms with E-state index in [0.29, 0.717) is 4.47 Å². The van der Waals surface area contributed by atoms with Gasteiger partial charge >= 0.3 is 0 Å². The fourth-order valence-electron chi connectivity index (χ4n) is 2.23. The molecule has 0 amide bonds. The van der Waals surface area contributed by atoms with Crippen LogP contribution >= 0.6 is 15.9 Å². The van der Waals surface area contributed by atoms with Crippen LogP contribution in [0.1, 0.15) is 5.56 Å². The molecular weight excluding hydrogens is 359 g/mol. The first kappa shape index (κ1) is 14.3. The highest BCUT2D eigenvalue weighted by atomic mass is 79.9. The molecule has 21 heavy (non-hydrogen) atoms. The molecule has 0 aliphatic carbocycles. The molecule has 2 aromatic carbocycles. The predicted octanol–water partition coefficient (Wildman–Crippen LogP) is 3.36. The Hall–Kier alpha value is -1.60. The van der Waals surface area contributed by atoms with Crippen LogP contribution < -0.4 is 10.0 Å². The second kappa shape index (κ2) is 5.31. The average molecular weight is 371 g/mol. The summed E-state index contributed by atoms with van der Waals surface area (Å²) in [6.07, 6.45) is 0.794. The second-order valence-corrected chi connectivity index (χ2v) is 7.26. The SMILES string of the molecule is O=S(=O)(Nc1cc(F)ccc1Br)c1ccc2c(c1)CCN2. The lowest BCUT2D eigenvalue weighted by molar-refractivity contribution is 0.601. The molecule has 0 atom stereocenters. The largest absolute Gasteiger partial charge is 0.384 e. The normalized spacial score (nSPS) is 13.6. The maximum absolute atomic E-state index is 13.2. The maximum atomic E-state index is 13.2. The van der Waals surface area contributed by atoms with Gasteiger partial charge in [0.1, 0.15) is 5.82 Å². The van der Waals surface area contributed by atoms with E-state index in [4.69, 9.17) is 0 Å². The van der Waals surface area contributed by atoms with Gasteiger partial charge in [0, 0.05) is 16.7 Å². The van der Waals surface area contributed by atoms with Gasteiger partial charge in [-0.2, -0.15) is 0 Å². The van der Waals surface area contributed by atoms with Crippen LogP contribution in [0.4, 0.5) is 15.8 Å². The minimum absolute atomic E-state index is 0.168. The number of anilines is 2. The van der Waals surface area contributed by atoms with Crippen molar-refractivity contribution in [1.82, 2.24) is 0 Å². The molecule has 7 heteroatoms. The van der Waals surface area contributed by atoms with Crippen LogP contribution in [0, 0.1) is 5.82 Å². The Labute approximate surface area is 130 Å². The van der Waals surface area contributed by atoms with Crippen molar-refractivity contribution in [1.29, 1.82) is 0 Å². The highest BCUT2D eigenvalue weighted by Crippen LogP contribution is 2.28. The first-order chi connectivity index (χ1) is 9.95. The zero-order valence-corrected chi connectivity index (χ0v) is 13.3. The zero-order valence-electron chi connectivity index (χ0n) is 10.9. The van der Waals surface area contributed by atoms with Gasteiger partial charge in [-0.1, -0.05) is 0 Å². The van der Waals surface area contributed by atoms with Crippen molar-refractivity contribution in [2.24, 2.45) is 0 Å². The summed E-state index contributed by atoms with van der Waals surface area (Å²) in [6, 6.07) is 8.77. The van der Waals surface area contributed by atoms with Gasteiger partial charge in [-0.25, -0.2) is 12.8 Å². The number of halogens is 2. The van der Waals surface area contributed by atoms with Crippen LogP contribution in [0.2, 0.25) is 0 Å². The predicted molar refractivity (Wildman–Crippen MR) is 83.5 cm³/mol. The monoisotopic (exact) mass is 370 g/mol. The molecule has 1 aliphatic rings. The molecule has 0 spiro atoms. The summed E-state index contributed by atoms with van der Waals surface area (Å²) in [5.74, 6) is -0.506. The highest BCUT2D eigenvalue weighted by molar-refractivity contribution is 9.10. The Morgan fingerprint density at radius 2 is 2.00 bits per heavy atom. The van der Waals surface area contributed by atoms with Gasteiger partial charge in [-0.05, 0) is 64.3 Å². The first-order valence-corrected chi connectivity index (χ1v) is 8.58. The fourth-order valence-corrected chi connectivity index (χ4v) is 3.83. The Kier molecular flexibility index (Phi) is 3.62. The number of benzene rings is 2. The van der Waals surface area contributed by atoms with E-state index in [1.54, 1.807) is 12.1 Å². The van der Waals surface area contributed by atoms with Crippen molar-refractivity contribution in [3.8, 4) is 0 Å². The molecular formula is C14H12BrFN2O2S. The summed E-state index contributed by atoms with van der Waals surface area (Å²) >= 11 is 3.20. The van der Waals surface area contributed by atoms with Gasteiger partial charge in [-0.3, -0.25) is 4.72 Å². The third kappa shape index (κ3) is 2.89. The molecule has 1 heterocycles. The molecule has 0 radical (unpaired) electrons. The van der Waals surface area contributed by atoms with E-state index in [-0.39, 0.29) is 10.6 Å². The highest BCUT2D eigenvalue weighted by Gasteiger charge is 2.19. The van der Waals surface area contributed by atoms with Gasteiger partial charge in [0.2, 0.25) is 0 Å². The maximum Gasteiger partial charge on any atom is 0.261 e. The van der Waals surface area contributed by atoms with Crippen molar-refractivity contribution in [2.75, 3.05) is 16.6 Å². The average Bonchev–Trinajstić information content (AvgIpc) is 2.90. The molecule has 2 N–H and O–H groups in total. The summed E-state index contributed by atoms with van der Waals surface area (Å²) in [5.41, 5.74) is 2.10. The van der Waals surface area contributed by atoms with Crippen molar-refractivity contribution < 1.29 is 12.8 Å². The van der Waals surface area contributed by atoms with Gasteiger partial charge in [-0.15, -0.1) is 0 Å². The van der Waals surface area contributed by atoms with Crippen LogP contribution in [0.25, 0.3) is 0 Å². The standard InChI is InChI=1S/C14H12BrFN2O2S/c15-12-3-1-10(16)8-14(12)18-21(19,20)11-2-4-13-9(7-11)5-6-17-13/h1-4,7-8,17-18H,5-6H2. The van der Waals surface area contributed by atoms with Crippen molar-refractivity contribution in [3.05, 3.63) is 52.3 Å². The summed E-state index contributed by atoms with van der Waals surface area (Å²) in [5, 5.41) is 3.17. The summed E-state index contributed by atoms with van der Waals surface area (Å²) in [6.45, 7) is 0.807. The topological polar surface area (TPSA) is 58.2 Å². The number of hydrogen-bond donors (Lipinski definition) is 2. The smallest absolute Gasteiger partial charge is 0.261 e. The van der Waals surface area contributed by atoms with E-state index in [1.165, 1.54) is 18.2 Å². The molecule has 0 fully saturated rings. The number of fused-ring (bicyclic) bond motifs is 1. The molecule has 4 nitrogen and oxygen atoms in total. The third-order valence-electron chi connectivity index (χ3n) is 3.27. The lowest BCUT2D eigenvalue weighted by Gasteiger charge is -2.11. The summed E-state index contributed by atoms with van der Waals surface area (Å²) in [7, 11) is -3.75. The molecule has 110 valence electrons. The lowest BCUT2D eigenvalue weighted by atomic mass is 10.2. The van der Waals surface area contributed by atoms with Gasteiger partial charge < -0.3 is 5.32 Å². The third-order valence-corrected chi connectivity index (χ3v) is 5.32. The number of hydrogen-bond acceptors (Lipinski definition) is 3. The Bertz CT molecular complexity index is 809. The minimum Gasteiger partial charge on any atom is -0.384 e. The molecule has 0 bridgehead atoms. The zero-order chi connectivity index (χ0) is 15.0. The van der Waals surface area contributed by atoms with Crippen LogP contribution in [0.3, 0.4) is 0 Å². The molecule has 0 unspecified atom stereocenters. The molecule has 2 aromatic rings. The van der Waals surface area contributed by atoms with Crippen LogP contribution in [-0.4, -0.2) is 15.0 Å². The minimum atomic E-state index is -3.75. The molecule has 0 aromatic heterocycles. The lowest BCUT2D eigenvalue weighted by Crippen LogP contribution is -2.13. The first-order valence-electron chi connectivity index (χ1n) is 6.30. The van der Waals surface area contributed by atoms with Crippen molar-refractivity contribution in [2.45, 2.75) is 11.3 Å². The van der Waals surface area contributed by atoms with Crippen LogP contribution in [0.15, 0.2) is 45.8 Å². The van der Waals surface area contributed by atoms with Gasteiger partial charge in [0.15, 0.2) is 0 Å². The van der Waals surface area contributed by atoms with Gasteiger partial charge in [0.25, 0.3) is 10.0 Å².